The second-order valence-electron chi connectivity index (χ2n) is 3.69. The maximum atomic E-state index is 12.1. The van der Waals surface area contributed by atoms with E-state index >= 15 is 0 Å². The summed E-state index contributed by atoms with van der Waals surface area (Å²) in [6.45, 7) is 1.43. The molecule has 0 saturated carbocycles. The van der Waals surface area contributed by atoms with Gasteiger partial charge in [-0.25, -0.2) is 4.21 Å². The van der Waals surface area contributed by atoms with Crippen molar-refractivity contribution < 1.29 is 8.64 Å². The molecule has 0 aliphatic carbocycles. The van der Waals surface area contributed by atoms with Gasteiger partial charge in [0.2, 0.25) is 0 Å². The number of halogens is 2. The number of benzene rings is 1. The first kappa shape index (κ1) is 13.3. The lowest BCUT2D eigenvalue weighted by Crippen LogP contribution is -2.27. The topological polar surface area (TPSA) is 68.0 Å². The van der Waals surface area contributed by atoms with E-state index in [1.165, 1.54) is 25.3 Å². The van der Waals surface area contributed by atoms with Crippen molar-refractivity contribution in [1.82, 2.24) is 4.73 Å². The smallest absolute Gasteiger partial charge is 0.345 e. The molecule has 1 unspecified atom stereocenters. The van der Waals surface area contributed by atoms with Crippen LogP contribution in [0.5, 0.6) is 0 Å². The van der Waals surface area contributed by atoms with E-state index in [4.69, 9.17) is 23.2 Å². The molecule has 0 radical (unpaired) electrons. The van der Waals surface area contributed by atoms with Gasteiger partial charge in [-0.05, 0) is 13.0 Å². The van der Waals surface area contributed by atoms with E-state index in [0.717, 1.165) is 0 Å². The Labute approximate surface area is 115 Å². The fourth-order valence-electron chi connectivity index (χ4n) is 1.70. The summed E-state index contributed by atoms with van der Waals surface area (Å²) in [7, 11) is -1.58. The molecular weight excluding hydrogens is 299 g/mol. The number of fused-ring (bicyclic) bond motifs is 1. The van der Waals surface area contributed by atoms with E-state index in [1.807, 2.05) is 0 Å². The molecule has 0 spiro atoms. The second-order valence-corrected chi connectivity index (χ2v) is 5.80. The molecular formula is C10H8Cl2N2O3S. The number of hydrogen-bond donors (Lipinski definition) is 0. The van der Waals surface area contributed by atoms with E-state index in [0.29, 0.717) is 9.16 Å². The highest BCUT2D eigenvalue weighted by Crippen LogP contribution is 2.27. The van der Waals surface area contributed by atoms with Gasteiger partial charge in [-0.3, -0.25) is 0 Å². The molecule has 96 valence electrons. The molecule has 1 atom stereocenters. The van der Waals surface area contributed by atoms with Crippen LogP contribution in [0.25, 0.3) is 11.0 Å². The van der Waals surface area contributed by atoms with Crippen LogP contribution in [0.15, 0.2) is 17.2 Å². The van der Waals surface area contributed by atoms with Crippen molar-refractivity contribution in [2.24, 2.45) is 0 Å². The molecule has 0 bridgehead atoms. The SMILES string of the molecule is Cc1c(S(C)=O)[n+](=O)c2cc(Cl)c(Cl)cc2n1[O-]. The molecule has 8 heteroatoms. The predicted octanol–water partition coefficient (Wildman–Crippen LogP) is 2.25. The van der Waals surface area contributed by atoms with Crippen molar-refractivity contribution >= 4 is 45.0 Å². The summed E-state index contributed by atoms with van der Waals surface area (Å²) in [5.41, 5.74) is 0.207. The highest BCUT2D eigenvalue weighted by Gasteiger charge is 2.24. The van der Waals surface area contributed by atoms with Gasteiger partial charge in [0, 0.05) is 17.2 Å². The number of hydrogen-bond acceptors (Lipinski definition) is 3. The van der Waals surface area contributed by atoms with Gasteiger partial charge in [-0.2, -0.15) is 0 Å². The van der Waals surface area contributed by atoms with Crippen molar-refractivity contribution in [2.45, 2.75) is 11.9 Å². The Hall–Kier alpha value is -1.11. The lowest BCUT2D eigenvalue weighted by atomic mass is 10.3. The van der Waals surface area contributed by atoms with Gasteiger partial charge in [0.15, 0.2) is 0 Å². The molecule has 1 heterocycles. The van der Waals surface area contributed by atoms with Crippen LogP contribution in [-0.4, -0.2) is 15.2 Å². The lowest BCUT2D eigenvalue weighted by Gasteiger charge is -2.16. The zero-order valence-corrected chi connectivity index (χ0v) is 11.8. The third kappa shape index (κ3) is 1.90. The van der Waals surface area contributed by atoms with Crippen molar-refractivity contribution in [1.29, 1.82) is 0 Å². The summed E-state index contributed by atoms with van der Waals surface area (Å²) in [5, 5.41) is 12.2. The Bertz CT molecular complexity index is 742. The average Bonchev–Trinajstić information content (AvgIpc) is 2.29. The predicted molar refractivity (Wildman–Crippen MR) is 71.2 cm³/mol. The van der Waals surface area contributed by atoms with Crippen LogP contribution in [0.3, 0.4) is 0 Å². The zero-order valence-electron chi connectivity index (χ0n) is 9.44. The highest BCUT2D eigenvalue weighted by atomic mass is 35.5. The summed E-state index contributed by atoms with van der Waals surface area (Å²) < 4.78 is 12.5. The molecule has 0 N–H and O–H groups in total. The number of nitrogens with zero attached hydrogens (tertiary/aromatic N) is 2. The van der Waals surface area contributed by atoms with Crippen LogP contribution in [0, 0.1) is 17.0 Å². The van der Waals surface area contributed by atoms with E-state index in [9.17, 15) is 14.3 Å². The first-order chi connectivity index (χ1) is 8.34. The third-order valence-electron chi connectivity index (χ3n) is 2.53. The van der Waals surface area contributed by atoms with Gasteiger partial charge in [0.25, 0.3) is 5.52 Å². The molecule has 0 aliphatic heterocycles. The molecule has 0 aliphatic rings. The third-order valence-corrected chi connectivity index (χ3v) is 4.25. The summed E-state index contributed by atoms with van der Waals surface area (Å²) in [6.07, 6.45) is 1.33. The highest BCUT2D eigenvalue weighted by molar-refractivity contribution is 7.84. The van der Waals surface area contributed by atoms with Crippen molar-refractivity contribution in [3.63, 3.8) is 0 Å². The van der Waals surface area contributed by atoms with Gasteiger partial charge in [0.05, 0.1) is 20.2 Å². The second kappa shape index (κ2) is 4.53. The van der Waals surface area contributed by atoms with Gasteiger partial charge >= 0.3 is 5.03 Å². The quantitative estimate of drug-likeness (QED) is 0.759. The monoisotopic (exact) mass is 306 g/mol. The summed E-state index contributed by atoms with van der Waals surface area (Å²) in [6, 6.07) is 2.60. The average molecular weight is 307 g/mol. The van der Waals surface area contributed by atoms with Crippen LogP contribution >= 0.6 is 23.2 Å². The van der Waals surface area contributed by atoms with Crippen molar-refractivity contribution in [3.05, 3.63) is 38.0 Å². The fourth-order valence-corrected chi connectivity index (χ4v) is 2.85. The molecule has 1 aromatic carbocycles. The van der Waals surface area contributed by atoms with Gasteiger partial charge in [-0.1, -0.05) is 23.2 Å². The van der Waals surface area contributed by atoms with Crippen LogP contribution in [0.1, 0.15) is 5.69 Å². The Balaban J connectivity index is 3.08. The Morgan fingerprint density at radius 2 is 1.89 bits per heavy atom. The van der Waals surface area contributed by atoms with E-state index < -0.39 is 10.8 Å². The van der Waals surface area contributed by atoms with Crippen LogP contribution < -0.4 is 4.43 Å². The maximum Gasteiger partial charge on any atom is 0.345 e. The Morgan fingerprint density at radius 3 is 2.44 bits per heavy atom. The minimum Gasteiger partial charge on any atom is -0.805 e. The van der Waals surface area contributed by atoms with E-state index in [1.54, 1.807) is 0 Å². The first-order valence-corrected chi connectivity index (χ1v) is 7.14. The van der Waals surface area contributed by atoms with Crippen LogP contribution in [-0.2, 0) is 10.8 Å². The molecule has 1 aromatic heterocycles. The molecule has 5 nitrogen and oxygen atoms in total. The normalized spacial score (nSPS) is 12.9. The Morgan fingerprint density at radius 1 is 1.33 bits per heavy atom. The number of rotatable bonds is 1. The van der Waals surface area contributed by atoms with E-state index in [2.05, 4.69) is 0 Å². The van der Waals surface area contributed by atoms with E-state index in [-0.39, 0.29) is 31.8 Å². The molecule has 2 rings (SSSR count). The first-order valence-electron chi connectivity index (χ1n) is 4.82. The van der Waals surface area contributed by atoms with Crippen molar-refractivity contribution in [2.75, 3.05) is 6.26 Å². The summed E-state index contributed by atoms with van der Waals surface area (Å²) in [4.78, 5) is 12.1. The Kier molecular flexibility index (Phi) is 3.35. The van der Waals surface area contributed by atoms with Crippen LogP contribution in [0.4, 0.5) is 0 Å². The van der Waals surface area contributed by atoms with Gasteiger partial charge in [-0.15, -0.1) is 0 Å². The maximum absolute atomic E-state index is 12.1. The molecule has 0 fully saturated rings. The standard InChI is InChI=1S/C10H8Cl2N2O3S/c1-5-10(18(2)17)14(16)9-4-7(12)6(11)3-8(9)13(5)15/h3-4H,1-2H3. The molecule has 2 aromatic rings. The molecule has 0 amide bonds. The summed E-state index contributed by atoms with van der Waals surface area (Å²) in [5.74, 6) is 0. The van der Waals surface area contributed by atoms with Gasteiger partial charge in [0.1, 0.15) is 16.3 Å². The lowest BCUT2D eigenvalue weighted by molar-refractivity contribution is -0.511. The fraction of sp³-hybridized carbons (Fsp3) is 0.200. The largest absolute Gasteiger partial charge is 0.805 e. The molecule has 18 heavy (non-hydrogen) atoms. The van der Waals surface area contributed by atoms with Gasteiger partial charge < -0.3 is 9.94 Å². The van der Waals surface area contributed by atoms with Crippen LogP contribution in [0.2, 0.25) is 10.0 Å². The summed E-state index contributed by atoms with van der Waals surface area (Å²) >= 11 is 11.6. The minimum absolute atomic E-state index is 0.0372. The van der Waals surface area contributed by atoms with Crippen molar-refractivity contribution in [3.8, 4) is 0 Å². The molecule has 0 saturated heterocycles. The zero-order chi connectivity index (χ0) is 13.6. The number of aromatic nitrogens is 2. The minimum atomic E-state index is -1.58.